The summed E-state index contributed by atoms with van der Waals surface area (Å²) < 4.78 is 91.0. The summed E-state index contributed by atoms with van der Waals surface area (Å²) >= 11 is 0. The standard InChI is InChI=1S/C11H5F5N2O2S/c12-6-7(13)9(15)11(10(16)8(6)14)21(19,20)18-5-2-1-3-17-4-5/h1-4,18H. The third kappa shape index (κ3) is 2.66. The van der Waals surface area contributed by atoms with Gasteiger partial charge in [0.1, 0.15) is 0 Å². The molecule has 0 fully saturated rings. The Morgan fingerprint density at radius 3 is 1.90 bits per heavy atom. The molecule has 0 aliphatic carbocycles. The quantitative estimate of drug-likeness (QED) is 0.536. The number of nitrogens with one attached hydrogen (secondary N) is 1. The number of anilines is 1. The molecule has 1 heterocycles. The van der Waals surface area contributed by atoms with Crippen molar-refractivity contribution in [1.82, 2.24) is 4.98 Å². The Balaban J connectivity index is 2.61. The second-order valence-electron chi connectivity index (χ2n) is 3.75. The number of rotatable bonds is 3. The van der Waals surface area contributed by atoms with Gasteiger partial charge >= 0.3 is 0 Å². The second kappa shape index (κ2) is 5.28. The van der Waals surface area contributed by atoms with Crippen LogP contribution in [0, 0.1) is 29.1 Å². The minimum absolute atomic E-state index is 0.207. The van der Waals surface area contributed by atoms with Crippen LogP contribution in [0.3, 0.4) is 0 Å². The maximum atomic E-state index is 13.4. The Kier molecular flexibility index (Phi) is 3.81. The first-order valence-corrected chi connectivity index (χ1v) is 6.68. The van der Waals surface area contributed by atoms with Crippen LogP contribution in [0.4, 0.5) is 27.6 Å². The fraction of sp³-hybridized carbons (Fsp3) is 0. The second-order valence-corrected chi connectivity index (χ2v) is 5.37. The molecule has 1 aromatic heterocycles. The van der Waals surface area contributed by atoms with Gasteiger partial charge in [-0.05, 0) is 12.1 Å². The molecule has 4 nitrogen and oxygen atoms in total. The number of nitrogens with zero attached hydrogens (tertiary/aromatic N) is 1. The van der Waals surface area contributed by atoms with Gasteiger partial charge in [0, 0.05) is 6.20 Å². The molecule has 21 heavy (non-hydrogen) atoms. The molecular formula is C11H5F5N2O2S. The van der Waals surface area contributed by atoms with E-state index in [4.69, 9.17) is 0 Å². The van der Waals surface area contributed by atoms with E-state index in [-0.39, 0.29) is 5.69 Å². The minimum Gasteiger partial charge on any atom is -0.278 e. The van der Waals surface area contributed by atoms with Crippen LogP contribution in [0.5, 0.6) is 0 Å². The third-order valence-corrected chi connectivity index (χ3v) is 3.75. The van der Waals surface area contributed by atoms with E-state index in [1.54, 1.807) is 4.72 Å². The van der Waals surface area contributed by atoms with E-state index in [1.165, 1.54) is 18.3 Å². The molecule has 1 aromatic carbocycles. The van der Waals surface area contributed by atoms with Crippen molar-refractivity contribution >= 4 is 15.7 Å². The summed E-state index contributed by atoms with van der Waals surface area (Å²) in [5.41, 5.74) is -0.207. The average Bonchev–Trinajstić information content (AvgIpc) is 2.43. The number of sulfonamides is 1. The highest BCUT2D eigenvalue weighted by Crippen LogP contribution is 2.27. The van der Waals surface area contributed by atoms with Crippen molar-refractivity contribution in [3.63, 3.8) is 0 Å². The van der Waals surface area contributed by atoms with Crippen molar-refractivity contribution in [2.24, 2.45) is 0 Å². The van der Waals surface area contributed by atoms with Gasteiger partial charge in [0.15, 0.2) is 28.2 Å². The highest BCUT2D eigenvalue weighted by Gasteiger charge is 2.33. The minimum atomic E-state index is -5.02. The molecule has 0 aliphatic rings. The van der Waals surface area contributed by atoms with Crippen molar-refractivity contribution in [2.45, 2.75) is 4.90 Å². The molecule has 0 saturated heterocycles. The molecule has 0 saturated carbocycles. The SMILES string of the molecule is O=S(=O)(Nc1cccnc1)c1c(F)c(F)c(F)c(F)c1F. The molecule has 112 valence electrons. The van der Waals surface area contributed by atoms with Crippen molar-refractivity contribution in [3.05, 3.63) is 53.6 Å². The van der Waals surface area contributed by atoms with Crippen LogP contribution < -0.4 is 4.72 Å². The molecule has 0 spiro atoms. The molecule has 0 unspecified atom stereocenters. The normalized spacial score (nSPS) is 11.5. The molecule has 0 amide bonds. The fourth-order valence-corrected chi connectivity index (χ4v) is 2.63. The van der Waals surface area contributed by atoms with Gasteiger partial charge < -0.3 is 0 Å². The van der Waals surface area contributed by atoms with Crippen LogP contribution >= 0.6 is 0 Å². The summed E-state index contributed by atoms with van der Waals surface area (Å²) in [4.78, 5) is 1.58. The largest absolute Gasteiger partial charge is 0.278 e. The van der Waals surface area contributed by atoms with Gasteiger partial charge in [-0.1, -0.05) is 0 Å². The fourth-order valence-electron chi connectivity index (χ4n) is 1.45. The molecule has 2 aromatic rings. The van der Waals surface area contributed by atoms with Crippen LogP contribution in [0.25, 0.3) is 0 Å². The molecule has 10 heteroatoms. The predicted octanol–water partition coefficient (Wildman–Crippen LogP) is 2.58. The first-order chi connectivity index (χ1) is 9.75. The van der Waals surface area contributed by atoms with E-state index < -0.39 is 44.0 Å². The number of hydrogen-bond donors (Lipinski definition) is 1. The van der Waals surface area contributed by atoms with Crippen LogP contribution in [0.1, 0.15) is 0 Å². The molecule has 0 radical (unpaired) electrons. The van der Waals surface area contributed by atoms with Gasteiger partial charge in [-0.15, -0.1) is 0 Å². The van der Waals surface area contributed by atoms with E-state index in [0.717, 1.165) is 6.20 Å². The Bertz CT molecular complexity index is 767. The molecular weight excluding hydrogens is 319 g/mol. The van der Waals surface area contributed by atoms with E-state index in [1.807, 2.05) is 0 Å². The van der Waals surface area contributed by atoms with E-state index in [2.05, 4.69) is 4.98 Å². The maximum absolute atomic E-state index is 13.4. The predicted molar refractivity (Wildman–Crippen MR) is 61.3 cm³/mol. The summed E-state index contributed by atoms with van der Waals surface area (Å²) in [6.45, 7) is 0. The highest BCUT2D eigenvalue weighted by molar-refractivity contribution is 7.92. The van der Waals surface area contributed by atoms with Crippen molar-refractivity contribution in [3.8, 4) is 0 Å². The Morgan fingerprint density at radius 1 is 0.905 bits per heavy atom. The zero-order chi connectivity index (χ0) is 15.8. The molecule has 0 atom stereocenters. The van der Waals surface area contributed by atoms with Gasteiger partial charge in [-0.2, -0.15) is 0 Å². The lowest BCUT2D eigenvalue weighted by Crippen LogP contribution is -2.19. The van der Waals surface area contributed by atoms with Crippen molar-refractivity contribution in [2.75, 3.05) is 4.72 Å². The number of pyridine rings is 1. The molecule has 2 rings (SSSR count). The zero-order valence-electron chi connectivity index (χ0n) is 9.87. The molecule has 0 bridgehead atoms. The Morgan fingerprint density at radius 2 is 1.43 bits per heavy atom. The van der Waals surface area contributed by atoms with Gasteiger partial charge in [0.05, 0.1) is 11.9 Å². The Hall–Kier alpha value is -2.23. The maximum Gasteiger partial charge on any atom is 0.268 e. The molecule has 1 N–H and O–H groups in total. The molecule has 0 aliphatic heterocycles. The summed E-state index contributed by atoms with van der Waals surface area (Å²) in [7, 11) is -5.02. The summed E-state index contributed by atoms with van der Waals surface area (Å²) in [6, 6.07) is 2.48. The van der Waals surface area contributed by atoms with Crippen LogP contribution in [0.15, 0.2) is 29.4 Å². The Labute approximate surface area is 115 Å². The van der Waals surface area contributed by atoms with E-state index >= 15 is 0 Å². The lowest BCUT2D eigenvalue weighted by atomic mass is 10.3. The average molecular weight is 324 g/mol. The lowest BCUT2D eigenvalue weighted by Gasteiger charge is -2.10. The van der Waals surface area contributed by atoms with Gasteiger partial charge in [-0.25, -0.2) is 30.4 Å². The number of halogens is 5. The summed E-state index contributed by atoms with van der Waals surface area (Å²) in [5.74, 6) is -12.0. The first-order valence-electron chi connectivity index (χ1n) is 5.20. The van der Waals surface area contributed by atoms with Gasteiger partial charge in [0.2, 0.25) is 5.82 Å². The van der Waals surface area contributed by atoms with Gasteiger partial charge in [-0.3, -0.25) is 9.71 Å². The smallest absolute Gasteiger partial charge is 0.268 e. The van der Waals surface area contributed by atoms with Crippen LogP contribution in [-0.2, 0) is 10.0 Å². The summed E-state index contributed by atoms with van der Waals surface area (Å²) in [5, 5.41) is 0. The van der Waals surface area contributed by atoms with E-state index in [9.17, 15) is 30.4 Å². The lowest BCUT2D eigenvalue weighted by molar-refractivity contribution is 0.358. The summed E-state index contributed by atoms with van der Waals surface area (Å²) in [6.07, 6.45) is 2.28. The first kappa shape index (κ1) is 15.2. The van der Waals surface area contributed by atoms with Crippen LogP contribution in [-0.4, -0.2) is 13.4 Å². The topological polar surface area (TPSA) is 59.1 Å². The van der Waals surface area contributed by atoms with Gasteiger partial charge in [0.25, 0.3) is 10.0 Å². The van der Waals surface area contributed by atoms with Crippen molar-refractivity contribution in [1.29, 1.82) is 0 Å². The monoisotopic (exact) mass is 324 g/mol. The van der Waals surface area contributed by atoms with Crippen molar-refractivity contribution < 1.29 is 30.4 Å². The number of hydrogen-bond acceptors (Lipinski definition) is 3. The highest BCUT2D eigenvalue weighted by atomic mass is 32.2. The number of benzene rings is 1. The number of aromatic nitrogens is 1. The third-order valence-electron chi connectivity index (χ3n) is 2.35. The van der Waals surface area contributed by atoms with Crippen LogP contribution in [0.2, 0.25) is 0 Å². The van der Waals surface area contributed by atoms with E-state index in [0.29, 0.717) is 0 Å². The zero-order valence-corrected chi connectivity index (χ0v) is 10.7.